The number of carboxylic acid groups (broad SMARTS) is 1. The summed E-state index contributed by atoms with van der Waals surface area (Å²) in [4.78, 5) is 24.3. The van der Waals surface area contributed by atoms with Crippen molar-refractivity contribution in [3.8, 4) is 0 Å². The summed E-state index contributed by atoms with van der Waals surface area (Å²) in [5.41, 5.74) is -1.47. The fourth-order valence-corrected chi connectivity index (χ4v) is 1.66. The Morgan fingerprint density at radius 2 is 1.71 bits per heavy atom. The number of likely N-dealkylation sites (N-methyl/N-ethyl adjacent to an activating group) is 1. The van der Waals surface area contributed by atoms with Crippen molar-refractivity contribution in [2.45, 2.75) is 51.6 Å². The standard InChI is InChI=1S/C12H22N2O3/c1-11(2,8-6-7-8)13-10(17)14(5)12(3,4)9(15)16/h8H,6-7H2,1-5H3,(H,13,17)(H,15,16). The molecule has 1 rings (SSSR count). The van der Waals surface area contributed by atoms with E-state index in [2.05, 4.69) is 5.32 Å². The van der Waals surface area contributed by atoms with Crippen molar-refractivity contribution < 1.29 is 14.7 Å². The highest BCUT2D eigenvalue weighted by molar-refractivity contribution is 5.85. The molecule has 1 aliphatic rings. The molecule has 0 radical (unpaired) electrons. The third kappa shape index (κ3) is 2.90. The number of urea groups is 1. The molecule has 0 aromatic carbocycles. The molecule has 5 heteroatoms. The van der Waals surface area contributed by atoms with Crippen LogP contribution in [0.1, 0.15) is 40.5 Å². The molecule has 2 N–H and O–H groups in total. The van der Waals surface area contributed by atoms with Gasteiger partial charge >= 0.3 is 12.0 Å². The fourth-order valence-electron chi connectivity index (χ4n) is 1.66. The SMILES string of the molecule is CN(C(=O)NC(C)(C)C1CC1)C(C)(C)C(=O)O. The van der Waals surface area contributed by atoms with Crippen LogP contribution in [0.25, 0.3) is 0 Å². The maximum absolute atomic E-state index is 12.0. The average Bonchev–Trinajstić information content (AvgIpc) is 2.98. The summed E-state index contributed by atoms with van der Waals surface area (Å²) in [6, 6.07) is -0.339. The summed E-state index contributed by atoms with van der Waals surface area (Å²) in [5.74, 6) is -0.507. The van der Waals surface area contributed by atoms with Crippen molar-refractivity contribution in [3.63, 3.8) is 0 Å². The summed E-state index contributed by atoms with van der Waals surface area (Å²) in [7, 11) is 1.51. The Morgan fingerprint density at radius 1 is 1.24 bits per heavy atom. The minimum Gasteiger partial charge on any atom is -0.480 e. The molecule has 0 bridgehead atoms. The molecule has 17 heavy (non-hydrogen) atoms. The van der Waals surface area contributed by atoms with Crippen LogP contribution in [0.2, 0.25) is 0 Å². The molecule has 98 valence electrons. The third-order valence-electron chi connectivity index (χ3n) is 3.69. The van der Waals surface area contributed by atoms with E-state index >= 15 is 0 Å². The molecule has 5 nitrogen and oxygen atoms in total. The van der Waals surface area contributed by atoms with Gasteiger partial charge in [0.15, 0.2) is 0 Å². The first-order valence-corrected chi connectivity index (χ1v) is 5.88. The predicted molar refractivity (Wildman–Crippen MR) is 64.8 cm³/mol. The molecular formula is C12H22N2O3. The van der Waals surface area contributed by atoms with Gasteiger partial charge in [0.05, 0.1) is 0 Å². The number of nitrogens with one attached hydrogen (secondary N) is 1. The van der Waals surface area contributed by atoms with E-state index in [1.807, 2.05) is 13.8 Å². The maximum atomic E-state index is 12.0. The third-order valence-corrected chi connectivity index (χ3v) is 3.69. The van der Waals surface area contributed by atoms with Crippen LogP contribution in [0.4, 0.5) is 4.79 Å². The lowest BCUT2D eigenvalue weighted by Gasteiger charge is -2.35. The number of carboxylic acids is 1. The van der Waals surface area contributed by atoms with E-state index in [0.29, 0.717) is 5.92 Å². The van der Waals surface area contributed by atoms with E-state index in [4.69, 9.17) is 5.11 Å². The van der Waals surface area contributed by atoms with E-state index in [9.17, 15) is 9.59 Å². The van der Waals surface area contributed by atoms with E-state index in [0.717, 1.165) is 12.8 Å². The Morgan fingerprint density at radius 3 is 2.06 bits per heavy atom. The molecule has 0 aliphatic heterocycles. The van der Waals surface area contributed by atoms with Gasteiger partial charge in [0.1, 0.15) is 5.54 Å². The normalized spacial score (nSPS) is 16.5. The first kappa shape index (κ1) is 13.8. The van der Waals surface area contributed by atoms with Crippen molar-refractivity contribution >= 4 is 12.0 Å². The largest absolute Gasteiger partial charge is 0.480 e. The van der Waals surface area contributed by atoms with Gasteiger partial charge in [-0.05, 0) is 46.5 Å². The van der Waals surface area contributed by atoms with Gasteiger partial charge in [-0.1, -0.05) is 0 Å². The van der Waals surface area contributed by atoms with E-state index < -0.39 is 11.5 Å². The molecule has 2 amide bonds. The zero-order valence-corrected chi connectivity index (χ0v) is 11.2. The molecule has 0 spiro atoms. The van der Waals surface area contributed by atoms with Crippen LogP contribution in [-0.4, -0.2) is 40.1 Å². The Labute approximate surface area is 102 Å². The van der Waals surface area contributed by atoms with Gasteiger partial charge in [-0.2, -0.15) is 0 Å². The first-order chi connectivity index (χ1) is 7.59. The number of hydrogen-bond acceptors (Lipinski definition) is 2. The number of amides is 2. The van der Waals surface area contributed by atoms with Crippen molar-refractivity contribution in [1.29, 1.82) is 0 Å². The molecule has 0 unspecified atom stereocenters. The van der Waals surface area contributed by atoms with Gasteiger partial charge in [0.25, 0.3) is 0 Å². The molecule has 0 saturated heterocycles. The van der Waals surface area contributed by atoms with Gasteiger partial charge in [0.2, 0.25) is 0 Å². The Hall–Kier alpha value is -1.26. The Bertz CT molecular complexity index is 333. The topological polar surface area (TPSA) is 69.6 Å². The molecule has 0 atom stereocenters. The second-order valence-electron chi connectivity index (χ2n) is 5.85. The van der Waals surface area contributed by atoms with Crippen LogP contribution in [-0.2, 0) is 4.79 Å². The molecule has 1 saturated carbocycles. The lowest BCUT2D eigenvalue weighted by molar-refractivity contribution is -0.146. The van der Waals surface area contributed by atoms with Crippen molar-refractivity contribution in [3.05, 3.63) is 0 Å². The highest BCUT2D eigenvalue weighted by atomic mass is 16.4. The molecule has 1 fully saturated rings. The molecule has 0 heterocycles. The second-order valence-corrected chi connectivity index (χ2v) is 5.85. The van der Waals surface area contributed by atoms with Crippen molar-refractivity contribution in [2.75, 3.05) is 7.05 Å². The highest BCUT2D eigenvalue weighted by Crippen LogP contribution is 2.39. The highest BCUT2D eigenvalue weighted by Gasteiger charge is 2.42. The second kappa shape index (κ2) is 4.20. The van der Waals surface area contributed by atoms with E-state index in [-0.39, 0.29) is 11.6 Å². The van der Waals surface area contributed by atoms with Crippen LogP contribution in [0.5, 0.6) is 0 Å². The number of carbonyl (C=O) groups is 2. The van der Waals surface area contributed by atoms with Crippen LogP contribution in [0.15, 0.2) is 0 Å². The predicted octanol–water partition coefficient (Wildman–Crippen LogP) is 1.68. The Kier molecular flexibility index (Phi) is 3.41. The number of carbonyl (C=O) groups excluding carboxylic acids is 1. The zero-order valence-electron chi connectivity index (χ0n) is 11.2. The zero-order chi connectivity index (χ0) is 13.4. The van der Waals surface area contributed by atoms with Gasteiger partial charge in [-0.3, -0.25) is 0 Å². The summed E-state index contributed by atoms with van der Waals surface area (Å²) in [6.45, 7) is 6.98. The summed E-state index contributed by atoms with van der Waals surface area (Å²) < 4.78 is 0. The number of nitrogens with zero attached hydrogens (tertiary/aromatic N) is 1. The van der Waals surface area contributed by atoms with Gasteiger partial charge in [-0.15, -0.1) is 0 Å². The summed E-state index contributed by atoms with van der Waals surface area (Å²) in [5, 5.41) is 12.0. The molecule has 1 aliphatic carbocycles. The van der Waals surface area contributed by atoms with Crippen molar-refractivity contribution in [1.82, 2.24) is 10.2 Å². The summed E-state index contributed by atoms with van der Waals surface area (Å²) in [6.07, 6.45) is 2.25. The maximum Gasteiger partial charge on any atom is 0.329 e. The lowest BCUT2D eigenvalue weighted by Crippen LogP contribution is -2.58. The monoisotopic (exact) mass is 242 g/mol. The van der Waals surface area contributed by atoms with Gasteiger partial charge in [-0.25, -0.2) is 9.59 Å². The Balaban J connectivity index is 2.67. The first-order valence-electron chi connectivity index (χ1n) is 5.88. The molecular weight excluding hydrogens is 220 g/mol. The minimum absolute atomic E-state index is 0.264. The smallest absolute Gasteiger partial charge is 0.329 e. The van der Waals surface area contributed by atoms with Crippen LogP contribution in [0.3, 0.4) is 0 Å². The van der Waals surface area contributed by atoms with E-state index in [1.165, 1.54) is 25.8 Å². The quantitative estimate of drug-likeness (QED) is 0.788. The number of rotatable bonds is 4. The minimum atomic E-state index is -1.20. The van der Waals surface area contributed by atoms with Crippen LogP contribution in [0, 0.1) is 5.92 Å². The van der Waals surface area contributed by atoms with Crippen molar-refractivity contribution in [2.24, 2.45) is 5.92 Å². The molecule has 0 aromatic rings. The van der Waals surface area contributed by atoms with Crippen LogP contribution >= 0.6 is 0 Å². The van der Waals surface area contributed by atoms with E-state index in [1.54, 1.807) is 0 Å². The van der Waals surface area contributed by atoms with Gasteiger partial charge in [0, 0.05) is 12.6 Å². The fraction of sp³-hybridized carbons (Fsp3) is 0.833. The molecule has 0 aromatic heterocycles. The summed E-state index contributed by atoms with van der Waals surface area (Å²) >= 11 is 0. The average molecular weight is 242 g/mol. The van der Waals surface area contributed by atoms with Crippen LogP contribution < -0.4 is 5.32 Å². The number of hydrogen-bond donors (Lipinski definition) is 2. The van der Waals surface area contributed by atoms with Gasteiger partial charge < -0.3 is 15.3 Å². The number of aliphatic carboxylic acids is 1. The lowest BCUT2D eigenvalue weighted by atomic mass is 9.98.